The van der Waals surface area contributed by atoms with Crippen LogP contribution in [0.1, 0.15) is 13.8 Å². The molecule has 0 radical (unpaired) electrons. The third-order valence-electron chi connectivity index (χ3n) is 2.17. The first-order chi connectivity index (χ1) is 8.22. The lowest BCUT2D eigenvalue weighted by Gasteiger charge is -2.34. The van der Waals surface area contributed by atoms with E-state index in [9.17, 15) is 5.11 Å². The molecule has 1 aliphatic rings. The van der Waals surface area contributed by atoms with Crippen molar-refractivity contribution >= 4 is 10.4 Å². The zero-order valence-corrected chi connectivity index (χ0v) is 11.5. The Bertz CT molecular complexity index is 292. The Morgan fingerprint density at radius 2 is 1.67 bits per heavy atom. The summed E-state index contributed by atoms with van der Waals surface area (Å²) in [5.74, 6) is 0. The second-order valence-corrected chi connectivity index (χ2v) is 4.84. The fourth-order valence-electron chi connectivity index (χ4n) is 1.60. The Balaban J connectivity index is 0.000000494. The average molecular weight is 286 g/mol. The zero-order chi connectivity index (χ0) is 14.2. The molecule has 18 heavy (non-hydrogen) atoms. The lowest BCUT2D eigenvalue weighted by molar-refractivity contribution is -0.173. The van der Waals surface area contributed by atoms with Crippen LogP contribution in [0.5, 0.6) is 0 Å². The average Bonchev–Trinajstić information content (AvgIpc) is 2.18. The summed E-state index contributed by atoms with van der Waals surface area (Å²) < 4.78 is 31.6. The molecule has 0 aromatic carbocycles. The number of hydroxylamine groups is 2. The van der Waals surface area contributed by atoms with E-state index in [-0.39, 0.29) is 6.10 Å². The topological polar surface area (TPSA) is 111 Å². The van der Waals surface area contributed by atoms with Gasteiger partial charge in [0.1, 0.15) is 0 Å². The Labute approximate surface area is 108 Å². The second-order valence-electron chi connectivity index (χ2n) is 3.94. The van der Waals surface area contributed by atoms with Crippen LogP contribution in [0, 0.1) is 0 Å². The van der Waals surface area contributed by atoms with Crippen LogP contribution >= 0.6 is 0 Å². The van der Waals surface area contributed by atoms with Gasteiger partial charge in [-0.15, -0.1) is 0 Å². The summed E-state index contributed by atoms with van der Waals surface area (Å²) in [6, 6.07) is 0. The maximum Gasteiger partial charge on any atom is 0.394 e. The van der Waals surface area contributed by atoms with E-state index in [0.717, 1.165) is 39.3 Å². The Morgan fingerprint density at radius 3 is 2.00 bits per heavy atom. The summed E-state index contributed by atoms with van der Waals surface area (Å²) in [5.41, 5.74) is 0. The standard InChI is InChI=1S/C9H20N2O2.H2O4S/c1-3-13-11-6-4-10(5-7-11)8-9(2)12;1-5(2,3)4/h9,12H,3-8H2,1-2H3;(H2,1,2,3,4). The number of rotatable bonds is 4. The van der Waals surface area contributed by atoms with E-state index in [4.69, 9.17) is 22.4 Å². The highest BCUT2D eigenvalue weighted by atomic mass is 32.3. The van der Waals surface area contributed by atoms with Crippen LogP contribution in [0.25, 0.3) is 0 Å². The number of hydrogen-bond acceptors (Lipinski definition) is 6. The van der Waals surface area contributed by atoms with Gasteiger partial charge in [0.15, 0.2) is 0 Å². The first-order valence-electron chi connectivity index (χ1n) is 5.70. The highest BCUT2D eigenvalue weighted by Crippen LogP contribution is 2.02. The Morgan fingerprint density at radius 1 is 1.22 bits per heavy atom. The Hall–Kier alpha value is -0.290. The van der Waals surface area contributed by atoms with Crippen LogP contribution in [0.3, 0.4) is 0 Å². The maximum absolute atomic E-state index is 9.19. The van der Waals surface area contributed by atoms with Crippen molar-refractivity contribution in [1.82, 2.24) is 9.96 Å². The van der Waals surface area contributed by atoms with E-state index in [0.29, 0.717) is 0 Å². The summed E-state index contributed by atoms with van der Waals surface area (Å²) in [7, 11) is -4.67. The highest BCUT2D eigenvalue weighted by Gasteiger charge is 2.17. The van der Waals surface area contributed by atoms with E-state index >= 15 is 0 Å². The van der Waals surface area contributed by atoms with Gasteiger partial charge >= 0.3 is 10.4 Å². The van der Waals surface area contributed by atoms with Gasteiger partial charge in [-0.25, -0.2) is 0 Å². The van der Waals surface area contributed by atoms with E-state index in [1.165, 1.54) is 0 Å². The molecule has 1 atom stereocenters. The van der Waals surface area contributed by atoms with Crippen molar-refractivity contribution in [3.05, 3.63) is 0 Å². The molecule has 1 unspecified atom stereocenters. The van der Waals surface area contributed by atoms with Crippen molar-refractivity contribution in [1.29, 1.82) is 0 Å². The molecule has 1 heterocycles. The molecule has 0 bridgehead atoms. The van der Waals surface area contributed by atoms with Gasteiger partial charge in [0, 0.05) is 32.7 Å². The van der Waals surface area contributed by atoms with Crippen LogP contribution in [0.15, 0.2) is 0 Å². The molecule has 110 valence electrons. The van der Waals surface area contributed by atoms with E-state index < -0.39 is 10.4 Å². The van der Waals surface area contributed by atoms with Crippen LogP contribution < -0.4 is 0 Å². The van der Waals surface area contributed by atoms with Gasteiger partial charge in [0.2, 0.25) is 0 Å². The minimum atomic E-state index is -4.67. The molecule has 1 fully saturated rings. The van der Waals surface area contributed by atoms with Gasteiger partial charge in [-0.1, -0.05) is 0 Å². The van der Waals surface area contributed by atoms with Crippen molar-refractivity contribution in [3.8, 4) is 0 Å². The first-order valence-corrected chi connectivity index (χ1v) is 7.10. The van der Waals surface area contributed by atoms with Crippen LogP contribution in [-0.4, -0.2) is 78.0 Å². The molecule has 0 spiro atoms. The van der Waals surface area contributed by atoms with Gasteiger partial charge in [-0.05, 0) is 13.8 Å². The molecule has 1 rings (SSSR count). The van der Waals surface area contributed by atoms with Crippen molar-refractivity contribution in [3.63, 3.8) is 0 Å². The minimum Gasteiger partial charge on any atom is -0.392 e. The normalized spacial score (nSPS) is 20.1. The molecule has 8 nitrogen and oxygen atoms in total. The number of nitrogens with zero attached hydrogens (tertiary/aromatic N) is 2. The molecule has 9 heteroatoms. The third-order valence-corrected chi connectivity index (χ3v) is 2.17. The highest BCUT2D eigenvalue weighted by molar-refractivity contribution is 7.79. The van der Waals surface area contributed by atoms with Crippen molar-refractivity contribution in [2.45, 2.75) is 20.0 Å². The van der Waals surface area contributed by atoms with Crippen LogP contribution in [-0.2, 0) is 15.2 Å². The first kappa shape index (κ1) is 17.7. The van der Waals surface area contributed by atoms with Gasteiger partial charge in [-0.3, -0.25) is 18.8 Å². The maximum atomic E-state index is 9.19. The summed E-state index contributed by atoms with van der Waals surface area (Å²) in [6.45, 7) is 9.23. The molecule has 0 aliphatic carbocycles. The van der Waals surface area contributed by atoms with Crippen molar-refractivity contribution < 1.29 is 27.5 Å². The molecule has 1 aliphatic heterocycles. The quantitative estimate of drug-likeness (QED) is 0.581. The smallest absolute Gasteiger partial charge is 0.392 e. The minimum absolute atomic E-state index is 0.223. The number of piperazine rings is 1. The Kier molecular flexibility index (Phi) is 8.61. The summed E-state index contributed by atoms with van der Waals surface area (Å²) >= 11 is 0. The number of hydrogen-bond donors (Lipinski definition) is 3. The second kappa shape index (κ2) is 8.75. The van der Waals surface area contributed by atoms with Gasteiger partial charge < -0.3 is 5.11 Å². The third kappa shape index (κ3) is 12.2. The van der Waals surface area contributed by atoms with Gasteiger partial charge in [-0.2, -0.15) is 13.5 Å². The molecular weight excluding hydrogens is 264 g/mol. The van der Waals surface area contributed by atoms with E-state index in [1.54, 1.807) is 0 Å². The fraction of sp³-hybridized carbons (Fsp3) is 1.00. The number of aliphatic hydroxyl groups excluding tert-OH is 1. The van der Waals surface area contributed by atoms with Crippen LogP contribution in [0.2, 0.25) is 0 Å². The largest absolute Gasteiger partial charge is 0.394 e. The molecule has 0 amide bonds. The van der Waals surface area contributed by atoms with E-state index in [2.05, 4.69) is 4.90 Å². The molecule has 0 aromatic rings. The van der Waals surface area contributed by atoms with Crippen molar-refractivity contribution in [2.24, 2.45) is 0 Å². The molecular formula is C9H22N2O6S. The molecule has 1 saturated heterocycles. The lowest BCUT2D eigenvalue weighted by atomic mass is 10.3. The monoisotopic (exact) mass is 286 g/mol. The van der Waals surface area contributed by atoms with Crippen molar-refractivity contribution in [2.75, 3.05) is 39.3 Å². The van der Waals surface area contributed by atoms with E-state index in [1.807, 2.05) is 18.9 Å². The molecule has 0 aromatic heterocycles. The fourth-order valence-corrected chi connectivity index (χ4v) is 1.60. The van der Waals surface area contributed by atoms with Gasteiger partial charge in [0.25, 0.3) is 0 Å². The SMILES string of the molecule is CCON1CCN(CC(C)O)CC1.O=S(=O)(O)O. The number of β-amino-alcohol motifs (C(OH)–C–C–N with tert-alkyl or cyclic N) is 1. The number of aliphatic hydroxyl groups is 1. The predicted octanol–water partition coefficient (Wildman–Crippen LogP) is -0.716. The zero-order valence-electron chi connectivity index (χ0n) is 10.7. The predicted molar refractivity (Wildman–Crippen MR) is 65.5 cm³/mol. The van der Waals surface area contributed by atoms with Crippen LogP contribution in [0.4, 0.5) is 0 Å². The molecule has 0 saturated carbocycles. The summed E-state index contributed by atoms with van der Waals surface area (Å²) in [6.07, 6.45) is -0.223. The lowest BCUT2D eigenvalue weighted by Crippen LogP contribution is -2.48. The molecule has 3 N–H and O–H groups in total. The van der Waals surface area contributed by atoms with Gasteiger partial charge in [0.05, 0.1) is 12.7 Å². The summed E-state index contributed by atoms with van der Waals surface area (Å²) in [4.78, 5) is 7.64. The summed E-state index contributed by atoms with van der Waals surface area (Å²) in [5, 5.41) is 11.2.